The van der Waals surface area contributed by atoms with Gasteiger partial charge in [0.1, 0.15) is 36.7 Å². The van der Waals surface area contributed by atoms with E-state index in [1.807, 2.05) is 48.5 Å². The molecule has 4 aromatic carbocycles. The van der Waals surface area contributed by atoms with E-state index in [0.717, 1.165) is 27.8 Å². The number of nitrogens with zero attached hydrogens (tertiary/aromatic N) is 2. The number of carbonyl (C=O) groups excluding carboxylic acids is 9. The summed E-state index contributed by atoms with van der Waals surface area (Å²) in [4.78, 5) is 138. The number of fused-ring (bicyclic) bond motifs is 8. The summed E-state index contributed by atoms with van der Waals surface area (Å²) in [5, 5.41) is 30.2. The van der Waals surface area contributed by atoms with Crippen molar-refractivity contribution >= 4 is 64.4 Å². The van der Waals surface area contributed by atoms with Crippen LogP contribution in [0.5, 0.6) is 0 Å². The van der Waals surface area contributed by atoms with Gasteiger partial charge in [-0.1, -0.05) is 85.8 Å². The standard InChI is InChI=1S/C66H70FN9O14/c1-6-66(87)45-26-51-59-42(32-76(51)62(84)44(45)34-88-63(66)85)58-47(23-22-37-35(2)46(67)27-48(74-59)57(37)58)72-52(77)21-14-24-68-53(78)29-70-60(82)49(25-36-15-8-7-9-16-36)73-55(80)31-69-54(79)30-71-61(83)50(28-56(81)90-65(3,4)5)75-64(86)89-33-43-40-19-12-10-17-38(40)39-18-11-13-20-41(39)43/h7-13,15-20,26-27,43,47,49-50,87H,6,14,21-25,28-34H2,1-5H3,(H,68,78)(H,69,79)(H,70,82)(H,71,83)(H,72,77)(H,73,80)(H,75,86)/t47-,49-,50-,66-/m0/s1. The normalized spacial score (nSPS) is 16.5. The molecule has 4 atom stereocenters. The number of nitrogens with one attached hydrogen (secondary N) is 7. The highest BCUT2D eigenvalue weighted by molar-refractivity contribution is 5.96. The minimum absolute atomic E-state index is 0.0000371. The summed E-state index contributed by atoms with van der Waals surface area (Å²) in [7, 11) is 0. The number of cyclic esters (lactones) is 1. The molecule has 90 heavy (non-hydrogen) atoms. The van der Waals surface area contributed by atoms with Gasteiger partial charge in [0.05, 0.1) is 61.1 Å². The first-order valence-electron chi connectivity index (χ1n) is 29.9. The van der Waals surface area contributed by atoms with Crippen LogP contribution in [0.4, 0.5) is 9.18 Å². The molecule has 4 heterocycles. The van der Waals surface area contributed by atoms with Crippen molar-refractivity contribution < 1.29 is 66.9 Å². The van der Waals surface area contributed by atoms with Crippen LogP contribution in [0.1, 0.15) is 122 Å². The van der Waals surface area contributed by atoms with Crippen molar-refractivity contribution in [3.63, 3.8) is 0 Å². The lowest BCUT2D eigenvalue weighted by Crippen LogP contribution is -2.53. The van der Waals surface area contributed by atoms with Crippen molar-refractivity contribution in [1.82, 2.24) is 46.8 Å². The summed E-state index contributed by atoms with van der Waals surface area (Å²) in [5.41, 5.74) is 5.02. The number of aromatic nitrogens is 2. The highest BCUT2D eigenvalue weighted by Crippen LogP contribution is 2.47. The highest BCUT2D eigenvalue weighted by atomic mass is 19.1. The molecule has 2 aromatic heterocycles. The molecule has 24 heteroatoms. The zero-order valence-corrected chi connectivity index (χ0v) is 50.4. The second-order valence-electron chi connectivity index (χ2n) is 23.8. The van der Waals surface area contributed by atoms with Crippen LogP contribution in [0.25, 0.3) is 33.4 Å². The van der Waals surface area contributed by atoms with Crippen molar-refractivity contribution in [2.24, 2.45) is 0 Å². The summed E-state index contributed by atoms with van der Waals surface area (Å²) in [5.74, 6) is -6.60. The van der Waals surface area contributed by atoms with E-state index in [1.165, 1.54) is 10.6 Å². The number of alkyl carbamates (subject to hydrolysis) is 1. The first kappa shape index (κ1) is 63.2. The van der Waals surface area contributed by atoms with Crippen LogP contribution in [0, 0.1) is 12.7 Å². The number of hydrogen-bond acceptors (Lipinski definition) is 15. The maximum atomic E-state index is 15.5. The summed E-state index contributed by atoms with van der Waals surface area (Å²) in [6.45, 7) is 6.12. The van der Waals surface area contributed by atoms with Crippen molar-refractivity contribution in [3.8, 4) is 22.5 Å². The number of esters is 2. The summed E-state index contributed by atoms with van der Waals surface area (Å²) >= 11 is 0. The fraction of sp³-hybridized carbons (Fsp3) is 0.379. The Morgan fingerprint density at radius 3 is 2.11 bits per heavy atom. The third kappa shape index (κ3) is 13.6. The molecule has 0 fully saturated rings. The van der Waals surface area contributed by atoms with Crippen molar-refractivity contribution in [2.45, 2.75) is 128 Å². The minimum atomic E-state index is -2.05. The van der Waals surface area contributed by atoms with Crippen molar-refractivity contribution in [3.05, 3.63) is 157 Å². The van der Waals surface area contributed by atoms with Gasteiger partial charge in [-0.15, -0.1) is 0 Å². The maximum Gasteiger partial charge on any atom is 0.407 e. The average molecular weight is 1230 g/mol. The van der Waals surface area contributed by atoms with Crippen LogP contribution in [-0.2, 0) is 84.2 Å². The summed E-state index contributed by atoms with van der Waals surface area (Å²) in [6.07, 6.45) is -0.636. The number of amides is 7. The number of carbonyl (C=O) groups is 9. The predicted octanol–water partition coefficient (Wildman–Crippen LogP) is 4.24. The molecule has 6 aromatic rings. The molecular formula is C66H70FN9O14. The Morgan fingerprint density at radius 1 is 0.789 bits per heavy atom. The highest BCUT2D eigenvalue weighted by Gasteiger charge is 2.46. The van der Waals surface area contributed by atoms with Gasteiger partial charge in [-0.25, -0.2) is 19.0 Å². The molecule has 0 saturated carbocycles. The number of aryl methyl sites for hydroxylation is 1. The first-order valence-corrected chi connectivity index (χ1v) is 29.9. The van der Waals surface area contributed by atoms with Crippen LogP contribution in [0.2, 0.25) is 0 Å². The van der Waals surface area contributed by atoms with E-state index >= 15 is 4.39 Å². The zero-order chi connectivity index (χ0) is 64.2. The summed E-state index contributed by atoms with van der Waals surface area (Å²) < 4.78 is 33.2. The first-order chi connectivity index (χ1) is 43.0. The third-order valence-corrected chi connectivity index (χ3v) is 16.6. The zero-order valence-electron chi connectivity index (χ0n) is 50.4. The molecule has 470 valence electrons. The van der Waals surface area contributed by atoms with Gasteiger partial charge < -0.3 is 61.1 Å². The Kier molecular flexibility index (Phi) is 18.6. The van der Waals surface area contributed by atoms with Gasteiger partial charge in [0.15, 0.2) is 5.60 Å². The molecule has 0 unspecified atom stereocenters. The number of aliphatic hydroxyl groups is 1. The van der Waals surface area contributed by atoms with E-state index < -0.39 is 114 Å². The maximum absolute atomic E-state index is 15.5. The third-order valence-electron chi connectivity index (χ3n) is 16.6. The molecule has 4 aliphatic rings. The smallest absolute Gasteiger partial charge is 0.407 e. The van der Waals surface area contributed by atoms with E-state index in [9.17, 15) is 53.1 Å². The number of pyridine rings is 2. The van der Waals surface area contributed by atoms with Gasteiger partial charge in [-0.2, -0.15) is 0 Å². The van der Waals surface area contributed by atoms with Crippen LogP contribution in [0.3, 0.4) is 0 Å². The number of rotatable bonds is 22. The van der Waals surface area contributed by atoms with Crippen LogP contribution in [0.15, 0.2) is 95.8 Å². The van der Waals surface area contributed by atoms with Gasteiger partial charge in [0.25, 0.3) is 5.56 Å². The van der Waals surface area contributed by atoms with E-state index in [1.54, 1.807) is 71.0 Å². The van der Waals surface area contributed by atoms with Gasteiger partial charge in [-0.3, -0.25) is 38.4 Å². The van der Waals surface area contributed by atoms with Crippen LogP contribution in [-0.4, -0.2) is 119 Å². The molecule has 0 bridgehead atoms. The van der Waals surface area contributed by atoms with Crippen molar-refractivity contribution in [2.75, 3.05) is 32.8 Å². The van der Waals surface area contributed by atoms with E-state index in [0.29, 0.717) is 57.4 Å². The molecule has 7 amide bonds. The Labute approximate surface area is 516 Å². The number of halogens is 1. The minimum Gasteiger partial charge on any atom is -0.460 e. The fourth-order valence-corrected chi connectivity index (χ4v) is 12.2. The molecule has 0 saturated heterocycles. The van der Waals surface area contributed by atoms with E-state index in [-0.39, 0.29) is 74.9 Å². The monoisotopic (exact) mass is 1230 g/mol. The van der Waals surface area contributed by atoms with Crippen LogP contribution < -0.4 is 42.8 Å². The second-order valence-corrected chi connectivity index (χ2v) is 23.8. The van der Waals surface area contributed by atoms with Gasteiger partial charge in [0.2, 0.25) is 35.4 Å². The Morgan fingerprint density at radius 2 is 1.43 bits per heavy atom. The Hall–Kier alpha value is -9.84. The Balaban J connectivity index is 0.699. The molecule has 2 aliphatic carbocycles. The van der Waals surface area contributed by atoms with E-state index in [4.69, 9.17) is 19.2 Å². The lowest BCUT2D eigenvalue weighted by atomic mass is 9.81. The molecular weight excluding hydrogens is 1160 g/mol. The Bertz CT molecular complexity index is 3910. The largest absolute Gasteiger partial charge is 0.460 e. The fourth-order valence-electron chi connectivity index (χ4n) is 12.2. The number of benzene rings is 4. The summed E-state index contributed by atoms with van der Waals surface area (Å²) in [6, 6.07) is 23.8. The molecule has 0 radical (unpaired) electrons. The molecule has 10 rings (SSSR count). The lowest BCUT2D eigenvalue weighted by molar-refractivity contribution is -0.172. The van der Waals surface area contributed by atoms with Gasteiger partial charge in [0, 0.05) is 47.9 Å². The number of ether oxygens (including phenoxy) is 3. The SMILES string of the molecule is CC[C@@]1(O)C(=O)OCc2c1cc1n(c2=O)Cc2c-1nc1cc(F)c(C)c3c1c2[C@@H](NC(=O)CCCNC(=O)CNC(=O)[C@H](Cc1ccccc1)NC(=O)CNC(=O)CNC(=O)[C@H](CC(=O)OC(C)(C)C)NC(=O)OCC1c2ccccc2-c2ccccc21)CC3. The van der Waals surface area contributed by atoms with Gasteiger partial charge >= 0.3 is 18.0 Å². The topological polar surface area (TPSA) is 321 Å². The second kappa shape index (κ2) is 26.5. The average Bonchev–Trinajstić information content (AvgIpc) is 1.46. The van der Waals surface area contributed by atoms with Crippen LogP contribution >= 0.6 is 0 Å². The lowest BCUT2D eigenvalue weighted by Gasteiger charge is -2.31. The van der Waals surface area contributed by atoms with Gasteiger partial charge in [-0.05, 0) is 104 Å². The molecule has 8 N–H and O–H groups in total. The molecule has 23 nitrogen and oxygen atoms in total. The predicted molar refractivity (Wildman–Crippen MR) is 324 cm³/mol. The molecule has 2 aliphatic heterocycles. The van der Waals surface area contributed by atoms with E-state index in [2.05, 4.69) is 37.2 Å². The quantitative estimate of drug-likeness (QED) is 0.0267. The van der Waals surface area contributed by atoms with Crippen molar-refractivity contribution in [1.29, 1.82) is 0 Å². The molecule has 0 spiro atoms. The number of hydrogen-bond donors (Lipinski definition) is 8.